The first kappa shape index (κ1) is 18.2. The molecule has 0 saturated carbocycles. The summed E-state index contributed by atoms with van der Waals surface area (Å²) in [4.78, 5) is 32.3. The van der Waals surface area contributed by atoms with Crippen molar-refractivity contribution in [2.24, 2.45) is 0 Å². The quantitative estimate of drug-likeness (QED) is 0.758. The molecule has 1 aliphatic heterocycles. The van der Waals surface area contributed by atoms with Crippen LogP contribution in [0.2, 0.25) is 0 Å². The number of carbonyl (C=O) groups is 2. The van der Waals surface area contributed by atoms with Gasteiger partial charge in [0, 0.05) is 30.2 Å². The van der Waals surface area contributed by atoms with E-state index in [1.165, 1.54) is 0 Å². The number of carbonyl (C=O) groups excluding carboxylic acids is 2. The van der Waals surface area contributed by atoms with Gasteiger partial charge in [-0.25, -0.2) is 0 Å². The smallest absolute Gasteiger partial charge is 0.252 e. The summed E-state index contributed by atoms with van der Waals surface area (Å²) in [6.07, 6.45) is 4.90. The molecule has 2 heterocycles. The lowest BCUT2D eigenvalue weighted by Crippen LogP contribution is -2.45. The molecule has 0 radical (unpaired) electrons. The molecule has 0 aliphatic carbocycles. The minimum Gasteiger partial charge on any atom is -0.341 e. The average Bonchev–Trinajstić information content (AvgIpc) is 2.77. The van der Waals surface area contributed by atoms with Crippen molar-refractivity contribution in [2.45, 2.75) is 25.3 Å². The Balaban J connectivity index is 1.60. The summed E-state index contributed by atoms with van der Waals surface area (Å²) in [5.41, 5.74) is 2.16. The van der Waals surface area contributed by atoms with Gasteiger partial charge in [-0.1, -0.05) is 36.4 Å². The molecule has 4 rings (SSSR count). The maximum atomic E-state index is 13.2. The Bertz CT molecular complexity index is 981. The highest BCUT2D eigenvalue weighted by molar-refractivity contribution is 6.00. The van der Waals surface area contributed by atoms with Gasteiger partial charge in [0.25, 0.3) is 5.91 Å². The predicted octanol–water partition coefficient (Wildman–Crippen LogP) is 3.72. The Morgan fingerprint density at radius 2 is 1.71 bits per heavy atom. The molecular weight excluding hydrogens is 350 g/mol. The number of piperidine rings is 1. The molecule has 0 spiro atoms. The van der Waals surface area contributed by atoms with Gasteiger partial charge in [0.1, 0.15) is 6.04 Å². The molecule has 1 aromatic heterocycles. The molecule has 28 heavy (non-hydrogen) atoms. The summed E-state index contributed by atoms with van der Waals surface area (Å²) in [7, 11) is 0. The van der Waals surface area contributed by atoms with Crippen molar-refractivity contribution >= 4 is 22.7 Å². The summed E-state index contributed by atoms with van der Waals surface area (Å²) < 4.78 is 0. The highest BCUT2D eigenvalue weighted by atomic mass is 16.2. The molecule has 1 atom stereocenters. The second-order valence-electron chi connectivity index (χ2n) is 7.11. The number of benzene rings is 2. The predicted molar refractivity (Wildman–Crippen MR) is 109 cm³/mol. The molecule has 1 fully saturated rings. The zero-order valence-electron chi connectivity index (χ0n) is 15.7. The molecule has 5 nitrogen and oxygen atoms in total. The maximum absolute atomic E-state index is 13.2. The Kier molecular flexibility index (Phi) is 5.33. The average molecular weight is 373 g/mol. The van der Waals surface area contributed by atoms with Gasteiger partial charge in [0.2, 0.25) is 5.91 Å². The topological polar surface area (TPSA) is 62.3 Å². The van der Waals surface area contributed by atoms with Gasteiger partial charge in [-0.15, -0.1) is 0 Å². The summed E-state index contributed by atoms with van der Waals surface area (Å²) in [6.45, 7) is 1.50. The minimum absolute atomic E-state index is 0.0401. The van der Waals surface area contributed by atoms with Crippen LogP contribution in [0.25, 0.3) is 10.9 Å². The third-order valence-electron chi connectivity index (χ3n) is 5.19. The van der Waals surface area contributed by atoms with Crippen LogP contribution < -0.4 is 5.32 Å². The van der Waals surface area contributed by atoms with Gasteiger partial charge in [0.15, 0.2) is 0 Å². The number of likely N-dealkylation sites (tertiary alicyclic amines) is 1. The van der Waals surface area contributed by atoms with Gasteiger partial charge < -0.3 is 10.2 Å². The van der Waals surface area contributed by atoms with Gasteiger partial charge >= 0.3 is 0 Å². The number of nitrogens with zero attached hydrogens (tertiary/aromatic N) is 2. The van der Waals surface area contributed by atoms with E-state index >= 15 is 0 Å². The summed E-state index contributed by atoms with van der Waals surface area (Å²) >= 11 is 0. The van der Waals surface area contributed by atoms with Crippen molar-refractivity contribution in [2.75, 3.05) is 13.1 Å². The van der Waals surface area contributed by atoms with Crippen molar-refractivity contribution in [1.29, 1.82) is 0 Å². The van der Waals surface area contributed by atoms with E-state index in [1.54, 1.807) is 12.3 Å². The highest BCUT2D eigenvalue weighted by Crippen LogP contribution is 2.21. The van der Waals surface area contributed by atoms with Crippen LogP contribution in [-0.4, -0.2) is 34.8 Å². The lowest BCUT2D eigenvalue weighted by molar-refractivity contribution is -0.134. The van der Waals surface area contributed by atoms with Crippen molar-refractivity contribution in [3.05, 3.63) is 78.0 Å². The Hall–Kier alpha value is -3.21. The standard InChI is InChI=1S/C23H23N3O2/c27-22(19-11-12-20-18(16-19)10-7-13-24-20)25-21(17-8-3-1-4-9-17)23(28)26-14-5-2-6-15-26/h1,3-4,7-13,16,21H,2,5-6,14-15H2,(H,25,27). The van der Waals surface area contributed by atoms with E-state index in [9.17, 15) is 9.59 Å². The summed E-state index contributed by atoms with van der Waals surface area (Å²) in [5.74, 6) is -0.299. The fourth-order valence-corrected chi connectivity index (χ4v) is 3.66. The van der Waals surface area contributed by atoms with E-state index in [0.717, 1.165) is 48.8 Å². The molecule has 1 saturated heterocycles. The maximum Gasteiger partial charge on any atom is 0.252 e. The van der Waals surface area contributed by atoms with Crippen molar-refractivity contribution < 1.29 is 9.59 Å². The van der Waals surface area contributed by atoms with Crippen LogP contribution in [0.1, 0.15) is 41.2 Å². The lowest BCUT2D eigenvalue weighted by Gasteiger charge is -2.31. The third kappa shape index (κ3) is 3.88. The molecule has 1 unspecified atom stereocenters. The number of hydrogen-bond donors (Lipinski definition) is 1. The largest absolute Gasteiger partial charge is 0.341 e. The molecule has 1 aliphatic rings. The van der Waals surface area contributed by atoms with E-state index < -0.39 is 6.04 Å². The number of hydrogen-bond acceptors (Lipinski definition) is 3. The van der Waals surface area contributed by atoms with Crippen LogP contribution in [0.5, 0.6) is 0 Å². The second-order valence-corrected chi connectivity index (χ2v) is 7.11. The van der Waals surface area contributed by atoms with Gasteiger partial charge in [0.05, 0.1) is 5.52 Å². The Labute approximate surface area is 164 Å². The summed E-state index contributed by atoms with van der Waals surface area (Å²) in [6, 6.07) is 17.9. The first-order chi connectivity index (χ1) is 13.7. The van der Waals surface area contributed by atoms with E-state index in [1.807, 2.05) is 59.5 Å². The molecule has 142 valence electrons. The molecule has 2 amide bonds. The zero-order valence-corrected chi connectivity index (χ0v) is 15.7. The zero-order chi connectivity index (χ0) is 19.3. The SMILES string of the molecule is O=C(NC(C(=O)N1CCCCC1)c1ccccc1)c1ccc2ncccc2c1. The van der Waals surface area contributed by atoms with Crippen LogP contribution in [-0.2, 0) is 4.79 Å². The molecular formula is C23H23N3O2. The van der Waals surface area contributed by atoms with Crippen molar-refractivity contribution in [1.82, 2.24) is 15.2 Å². The number of nitrogens with one attached hydrogen (secondary N) is 1. The highest BCUT2D eigenvalue weighted by Gasteiger charge is 2.28. The normalized spacial score (nSPS) is 15.2. The lowest BCUT2D eigenvalue weighted by atomic mass is 10.0. The third-order valence-corrected chi connectivity index (χ3v) is 5.19. The number of aromatic nitrogens is 1. The molecule has 1 N–H and O–H groups in total. The van der Waals surface area contributed by atoms with Crippen molar-refractivity contribution in [3.8, 4) is 0 Å². The molecule has 3 aromatic rings. The fraction of sp³-hybridized carbons (Fsp3) is 0.261. The summed E-state index contributed by atoms with van der Waals surface area (Å²) in [5, 5.41) is 3.86. The first-order valence-electron chi connectivity index (χ1n) is 9.72. The van der Waals surface area contributed by atoms with Crippen molar-refractivity contribution in [3.63, 3.8) is 0 Å². The van der Waals surface area contributed by atoms with Crippen LogP contribution >= 0.6 is 0 Å². The Morgan fingerprint density at radius 3 is 2.50 bits per heavy atom. The number of amides is 2. The fourth-order valence-electron chi connectivity index (χ4n) is 3.66. The first-order valence-corrected chi connectivity index (χ1v) is 9.72. The number of rotatable bonds is 4. The van der Waals surface area contributed by atoms with Crippen LogP contribution in [0, 0.1) is 0 Å². The molecule has 2 aromatic carbocycles. The van der Waals surface area contributed by atoms with Crippen LogP contribution in [0.4, 0.5) is 0 Å². The van der Waals surface area contributed by atoms with E-state index in [-0.39, 0.29) is 11.8 Å². The second kappa shape index (κ2) is 8.21. The molecule has 5 heteroatoms. The van der Waals surface area contributed by atoms with Gasteiger partial charge in [-0.2, -0.15) is 0 Å². The van der Waals surface area contributed by atoms with E-state index in [0.29, 0.717) is 5.56 Å². The van der Waals surface area contributed by atoms with E-state index in [4.69, 9.17) is 0 Å². The van der Waals surface area contributed by atoms with Crippen LogP contribution in [0.15, 0.2) is 66.9 Å². The van der Waals surface area contributed by atoms with Crippen LogP contribution in [0.3, 0.4) is 0 Å². The number of pyridine rings is 1. The van der Waals surface area contributed by atoms with Gasteiger partial charge in [-0.05, 0) is 49.1 Å². The number of fused-ring (bicyclic) bond motifs is 1. The molecule has 0 bridgehead atoms. The van der Waals surface area contributed by atoms with Gasteiger partial charge in [-0.3, -0.25) is 14.6 Å². The van der Waals surface area contributed by atoms with E-state index in [2.05, 4.69) is 10.3 Å². The minimum atomic E-state index is -0.684. The Morgan fingerprint density at radius 1 is 0.929 bits per heavy atom. The monoisotopic (exact) mass is 373 g/mol.